The van der Waals surface area contributed by atoms with Gasteiger partial charge in [-0.25, -0.2) is 0 Å². The molecule has 0 aromatic carbocycles. The van der Waals surface area contributed by atoms with Crippen molar-refractivity contribution >= 4 is 11.8 Å². The topological polar surface area (TPSA) is 51.0 Å². The zero-order valence-electron chi connectivity index (χ0n) is 10.7. The first-order valence-electron chi connectivity index (χ1n) is 5.58. The van der Waals surface area contributed by atoms with Gasteiger partial charge in [0.25, 0.3) is 0 Å². The molecular formula is C11H21N3OS. The fourth-order valence-electron chi connectivity index (χ4n) is 1.85. The van der Waals surface area contributed by atoms with Gasteiger partial charge in [0.1, 0.15) is 0 Å². The first-order valence-corrected chi connectivity index (χ1v) is 6.98. The van der Waals surface area contributed by atoms with Gasteiger partial charge in [0.05, 0.1) is 11.7 Å². The second-order valence-corrected chi connectivity index (χ2v) is 5.20. The van der Waals surface area contributed by atoms with Crippen molar-refractivity contribution in [1.82, 2.24) is 15.5 Å². The maximum absolute atomic E-state index is 5.35. The zero-order chi connectivity index (χ0) is 12.1. The summed E-state index contributed by atoms with van der Waals surface area (Å²) in [5.41, 5.74) is 0. The van der Waals surface area contributed by atoms with Crippen LogP contribution in [0.4, 0.5) is 0 Å². The molecule has 1 aromatic heterocycles. The molecule has 0 saturated carbocycles. The molecule has 1 aromatic rings. The summed E-state index contributed by atoms with van der Waals surface area (Å²) in [4.78, 5) is 4.45. The number of hydrogen-bond donors (Lipinski definition) is 1. The van der Waals surface area contributed by atoms with Crippen LogP contribution in [-0.2, 0) is 5.75 Å². The average Bonchev–Trinajstić information content (AvgIpc) is 2.66. The Hall–Kier alpha value is -0.550. The first-order chi connectivity index (χ1) is 7.60. The van der Waals surface area contributed by atoms with Crippen LogP contribution in [0, 0.1) is 5.92 Å². The largest absolute Gasteiger partial charge is 0.339 e. The minimum Gasteiger partial charge on any atom is -0.339 e. The van der Waals surface area contributed by atoms with E-state index in [9.17, 15) is 0 Å². The summed E-state index contributed by atoms with van der Waals surface area (Å²) in [6.45, 7) is 6.50. The van der Waals surface area contributed by atoms with Crippen molar-refractivity contribution in [2.45, 2.75) is 38.5 Å². The van der Waals surface area contributed by atoms with Crippen molar-refractivity contribution in [2.24, 2.45) is 5.92 Å². The van der Waals surface area contributed by atoms with E-state index in [1.807, 2.05) is 13.3 Å². The van der Waals surface area contributed by atoms with Crippen molar-refractivity contribution in [2.75, 3.05) is 13.3 Å². The van der Waals surface area contributed by atoms with Crippen LogP contribution in [-0.4, -0.2) is 29.5 Å². The van der Waals surface area contributed by atoms with Gasteiger partial charge in [-0.3, -0.25) is 0 Å². The van der Waals surface area contributed by atoms with E-state index in [4.69, 9.17) is 4.52 Å². The Labute approximate surface area is 102 Å². The van der Waals surface area contributed by atoms with Gasteiger partial charge in [0.15, 0.2) is 5.82 Å². The number of nitrogens with zero attached hydrogens (tertiary/aromatic N) is 2. The lowest BCUT2D eigenvalue weighted by atomic mass is 9.89. The molecule has 0 spiro atoms. The third-order valence-electron chi connectivity index (χ3n) is 2.75. The van der Waals surface area contributed by atoms with E-state index in [0.717, 1.165) is 17.5 Å². The monoisotopic (exact) mass is 243 g/mol. The van der Waals surface area contributed by atoms with E-state index in [1.54, 1.807) is 11.8 Å². The molecular weight excluding hydrogens is 222 g/mol. The zero-order valence-corrected chi connectivity index (χ0v) is 11.5. The molecule has 0 aliphatic carbocycles. The molecule has 1 N–H and O–H groups in total. The second-order valence-electron chi connectivity index (χ2n) is 4.33. The first kappa shape index (κ1) is 13.5. The van der Waals surface area contributed by atoms with Crippen molar-refractivity contribution in [3.63, 3.8) is 0 Å². The number of rotatable bonds is 6. The third-order valence-corrected chi connectivity index (χ3v) is 3.30. The van der Waals surface area contributed by atoms with Gasteiger partial charge in [0.2, 0.25) is 5.89 Å². The van der Waals surface area contributed by atoms with Crippen LogP contribution in [0.1, 0.15) is 38.4 Å². The fourth-order valence-corrected chi connectivity index (χ4v) is 2.22. The Bertz CT molecular complexity index is 314. The van der Waals surface area contributed by atoms with Crippen LogP contribution in [0.25, 0.3) is 0 Å². The summed E-state index contributed by atoms with van der Waals surface area (Å²) in [7, 11) is 1.96. The average molecular weight is 243 g/mol. The van der Waals surface area contributed by atoms with E-state index in [0.29, 0.717) is 12.0 Å². The standard InChI is InChI=1S/C11H21N3OS/c1-7(2)10(8(3)12-4)11-13-9(6-16-5)14-15-11/h7-8,10,12H,6H2,1-5H3. The van der Waals surface area contributed by atoms with Crippen LogP contribution >= 0.6 is 11.8 Å². The Morgan fingerprint density at radius 3 is 2.56 bits per heavy atom. The van der Waals surface area contributed by atoms with Crippen molar-refractivity contribution in [1.29, 1.82) is 0 Å². The van der Waals surface area contributed by atoms with Crippen LogP contribution in [0.15, 0.2) is 4.52 Å². The van der Waals surface area contributed by atoms with Crippen LogP contribution in [0.2, 0.25) is 0 Å². The normalized spacial score (nSPS) is 15.4. The highest BCUT2D eigenvalue weighted by Gasteiger charge is 2.27. The molecule has 1 rings (SSSR count). The molecule has 5 heteroatoms. The molecule has 92 valence electrons. The molecule has 0 aliphatic rings. The number of nitrogens with one attached hydrogen (secondary N) is 1. The molecule has 2 unspecified atom stereocenters. The molecule has 4 nitrogen and oxygen atoms in total. The molecule has 16 heavy (non-hydrogen) atoms. The summed E-state index contributed by atoms with van der Waals surface area (Å²) in [6.07, 6.45) is 2.03. The van der Waals surface area contributed by atoms with Crippen molar-refractivity contribution < 1.29 is 4.52 Å². The van der Waals surface area contributed by atoms with E-state index in [1.165, 1.54) is 0 Å². The lowest BCUT2D eigenvalue weighted by Gasteiger charge is -2.23. The molecule has 1 heterocycles. The van der Waals surface area contributed by atoms with Gasteiger partial charge < -0.3 is 9.84 Å². The lowest BCUT2D eigenvalue weighted by Crippen LogP contribution is -2.32. The minimum absolute atomic E-state index is 0.271. The Kier molecular flexibility index (Phi) is 5.28. The van der Waals surface area contributed by atoms with Crippen LogP contribution < -0.4 is 5.32 Å². The van der Waals surface area contributed by atoms with Gasteiger partial charge in [-0.15, -0.1) is 0 Å². The summed E-state index contributed by atoms with van der Waals surface area (Å²) in [5, 5.41) is 7.24. The molecule has 0 aliphatic heterocycles. The van der Waals surface area contributed by atoms with E-state index >= 15 is 0 Å². The quantitative estimate of drug-likeness (QED) is 0.830. The number of likely N-dealkylation sites (N-methyl/N-ethyl adjacent to an activating group) is 1. The number of aromatic nitrogens is 2. The van der Waals surface area contributed by atoms with E-state index in [2.05, 4.69) is 36.2 Å². The highest BCUT2D eigenvalue weighted by molar-refractivity contribution is 7.97. The maximum Gasteiger partial charge on any atom is 0.231 e. The van der Waals surface area contributed by atoms with Crippen LogP contribution in [0.3, 0.4) is 0 Å². The van der Waals surface area contributed by atoms with Gasteiger partial charge in [-0.05, 0) is 26.1 Å². The molecule has 0 fully saturated rings. The SMILES string of the molecule is CNC(C)C(c1nc(CSC)no1)C(C)C. The molecule has 0 saturated heterocycles. The summed E-state index contributed by atoms with van der Waals surface area (Å²) < 4.78 is 5.35. The van der Waals surface area contributed by atoms with Crippen molar-refractivity contribution in [3.8, 4) is 0 Å². The highest BCUT2D eigenvalue weighted by atomic mass is 32.2. The predicted molar refractivity (Wildman–Crippen MR) is 67.6 cm³/mol. The lowest BCUT2D eigenvalue weighted by molar-refractivity contribution is 0.285. The molecule has 0 bridgehead atoms. The van der Waals surface area contributed by atoms with Crippen molar-refractivity contribution in [3.05, 3.63) is 11.7 Å². The smallest absolute Gasteiger partial charge is 0.231 e. The van der Waals surface area contributed by atoms with Crippen LogP contribution in [0.5, 0.6) is 0 Å². The summed E-state index contributed by atoms with van der Waals surface area (Å²) in [6, 6.07) is 0.336. The van der Waals surface area contributed by atoms with E-state index in [-0.39, 0.29) is 5.92 Å². The maximum atomic E-state index is 5.35. The number of thioether (sulfide) groups is 1. The second kappa shape index (κ2) is 6.25. The van der Waals surface area contributed by atoms with Gasteiger partial charge in [0, 0.05) is 6.04 Å². The van der Waals surface area contributed by atoms with E-state index < -0.39 is 0 Å². The third kappa shape index (κ3) is 3.22. The van der Waals surface area contributed by atoms with Gasteiger partial charge in [-0.2, -0.15) is 16.7 Å². The summed E-state index contributed by atoms with van der Waals surface area (Å²) in [5.74, 6) is 3.10. The fraction of sp³-hybridized carbons (Fsp3) is 0.818. The van der Waals surface area contributed by atoms with Gasteiger partial charge in [-0.1, -0.05) is 19.0 Å². The minimum atomic E-state index is 0.271. The van der Waals surface area contributed by atoms with Gasteiger partial charge >= 0.3 is 0 Å². The Balaban J connectivity index is 2.84. The predicted octanol–water partition coefficient (Wildman–Crippen LogP) is 2.28. The molecule has 0 amide bonds. The number of hydrogen-bond acceptors (Lipinski definition) is 5. The summed E-state index contributed by atoms with van der Waals surface area (Å²) >= 11 is 1.70. The molecule has 2 atom stereocenters. The highest BCUT2D eigenvalue weighted by Crippen LogP contribution is 2.26. The molecule has 0 radical (unpaired) electrons. The Morgan fingerprint density at radius 2 is 2.06 bits per heavy atom. The Morgan fingerprint density at radius 1 is 1.38 bits per heavy atom.